The fourth-order valence-corrected chi connectivity index (χ4v) is 1.54. The molecule has 0 amide bonds. The van der Waals surface area contributed by atoms with Crippen LogP contribution in [-0.4, -0.2) is 12.3 Å². The SMILES string of the molecule is CCC1CC(N=O)C1C=N. The van der Waals surface area contributed by atoms with Crippen molar-refractivity contribution in [2.45, 2.75) is 25.8 Å². The molecule has 3 nitrogen and oxygen atoms in total. The van der Waals surface area contributed by atoms with Gasteiger partial charge < -0.3 is 5.41 Å². The Bertz CT molecular complexity index is 147. The van der Waals surface area contributed by atoms with Crippen LogP contribution in [0.3, 0.4) is 0 Å². The Kier molecular flexibility index (Phi) is 2.14. The highest BCUT2D eigenvalue weighted by atomic mass is 16.3. The second-order valence-corrected chi connectivity index (χ2v) is 2.82. The monoisotopic (exact) mass is 140 g/mol. The lowest BCUT2D eigenvalue weighted by Gasteiger charge is -2.37. The summed E-state index contributed by atoms with van der Waals surface area (Å²) in [5, 5.41) is 9.95. The number of nitrogens with zero attached hydrogens (tertiary/aromatic N) is 1. The summed E-state index contributed by atoms with van der Waals surface area (Å²) in [6, 6.07) is -0.0950. The lowest BCUT2D eigenvalue weighted by Crippen LogP contribution is -2.40. The third-order valence-corrected chi connectivity index (χ3v) is 2.39. The van der Waals surface area contributed by atoms with Crippen molar-refractivity contribution in [3.05, 3.63) is 4.91 Å². The molecule has 0 aromatic heterocycles. The lowest BCUT2D eigenvalue weighted by molar-refractivity contribution is 0.198. The molecule has 0 heterocycles. The molecule has 56 valence electrons. The second-order valence-electron chi connectivity index (χ2n) is 2.82. The molecule has 0 radical (unpaired) electrons. The summed E-state index contributed by atoms with van der Waals surface area (Å²) in [5.41, 5.74) is 0. The Morgan fingerprint density at radius 2 is 2.50 bits per heavy atom. The normalized spacial score (nSPS) is 38.3. The molecule has 1 aliphatic rings. The first kappa shape index (κ1) is 7.38. The van der Waals surface area contributed by atoms with E-state index in [1.165, 1.54) is 6.21 Å². The quantitative estimate of drug-likeness (QED) is 0.471. The fourth-order valence-electron chi connectivity index (χ4n) is 1.54. The van der Waals surface area contributed by atoms with E-state index in [4.69, 9.17) is 5.41 Å². The van der Waals surface area contributed by atoms with Crippen LogP contribution in [0.4, 0.5) is 0 Å². The molecule has 0 saturated heterocycles. The van der Waals surface area contributed by atoms with Crippen LogP contribution in [0.5, 0.6) is 0 Å². The van der Waals surface area contributed by atoms with Gasteiger partial charge in [-0.3, -0.25) is 0 Å². The van der Waals surface area contributed by atoms with Gasteiger partial charge in [-0.05, 0) is 12.3 Å². The summed E-state index contributed by atoms with van der Waals surface area (Å²) in [4.78, 5) is 10.1. The molecular formula is C7H12N2O. The Labute approximate surface area is 60.3 Å². The van der Waals surface area contributed by atoms with E-state index >= 15 is 0 Å². The molecular weight excluding hydrogens is 128 g/mol. The second kappa shape index (κ2) is 2.90. The van der Waals surface area contributed by atoms with Gasteiger partial charge in [0.2, 0.25) is 0 Å². The average Bonchev–Trinajstić information content (AvgIpc) is 1.89. The van der Waals surface area contributed by atoms with E-state index < -0.39 is 0 Å². The molecule has 0 spiro atoms. The maximum absolute atomic E-state index is 10.1. The first-order chi connectivity index (χ1) is 4.83. The average molecular weight is 140 g/mol. The Morgan fingerprint density at radius 3 is 2.90 bits per heavy atom. The third kappa shape index (κ3) is 0.958. The maximum atomic E-state index is 10.1. The molecule has 10 heavy (non-hydrogen) atoms. The summed E-state index contributed by atoms with van der Waals surface area (Å²) in [5.74, 6) is 0.683. The zero-order valence-corrected chi connectivity index (χ0v) is 6.08. The molecule has 1 fully saturated rings. The van der Waals surface area contributed by atoms with Crippen molar-refractivity contribution < 1.29 is 0 Å². The highest BCUT2D eigenvalue weighted by Gasteiger charge is 2.39. The minimum Gasteiger partial charge on any atom is -0.313 e. The molecule has 1 rings (SSSR count). The minimum absolute atomic E-state index is 0.0950. The van der Waals surface area contributed by atoms with Crippen molar-refractivity contribution in [1.29, 1.82) is 5.41 Å². The van der Waals surface area contributed by atoms with Gasteiger partial charge in [0.05, 0.1) is 0 Å². The zero-order chi connectivity index (χ0) is 7.56. The topological polar surface area (TPSA) is 53.3 Å². The van der Waals surface area contributed by atoms with E-state index in [1.54, 1.807) is 0 Å². The van der Waals surface area contributed by atoms with E-state index in [-0.39, 0.29) is 12.0 Å². The van der Waals surface area contributed by atoms with Gasteiger partial charge in [-0.2, -0.15) is 4.91 Å². The predicted octanol–water partition coefficient (Wildman–Crippen LogP) is 1.82. The van der Waals surface area contributed by atoms with Crippen LogP contribution in [0.2, 0.25) is 0 Å². The fraction of sp³-hybridized carbons (Fsp3) is 0.857. The maximum Gasteiger partial charge on any atom is 0.100 e. The smallest absolute Gasteiger partial charge is 0.100 e. The van der Waals surface area contributed by atoms with E-state index in [9.17, 15) is 4.91 Å². The summed E-state index contributed by atoms with van der Waals surface area (Å²) in [6.07, 6.45) is 3.32. The van der Waals surface area contributed by atoms with Crippen LogP contribution >= 0.6 is 0 Å². The number of nitroso groups, excluding NO2 is 1. The van der Waals surface area contributed by atoms with Gasteiger partial charge in [-0.15, -0.1) is 0 Å². The van der Waals surface area contributed by atoms with Crippen LogP contribution in [0, 0.1) is 22.2 Å². The van der Waals surface area contributed by atoms with Crippen molar-refractivity contribution in [2.75, 3.05) is 0 Å². The number of rotatable bonds is 3. The Hall–Kier alpha value is -0.730. The van der Waals surface area contributed by atoms with Crippen LogP contribution in [0.1, 0.15) is 19.8 Å². The number of hydrogen-bond acceptors (Lipinski definition) is 3. The van der Waals surface area contributed by atoms with Gasteiger partial charge >= 0.3 is 0 Å². The first-order valence-corrected chi connectivity index (χ1v) is 3.66. The first-order valence-electron chi connectivity index (χ1n) is 3.66. The van der Waals surface area contributed by atoms with Crippen molar-refractivity contribution in [3.8, 4) is 0 Å². The summed E-state index contributed by atoms with van der Waals surface area (Å²) >= 11 is 0. The van der Waals surface area contributed by atoms with Crippen molar-refractivity contribution >= 4 is 6.21 Å². The standard InChI is InChI=1S/C7H12N2O/c1-2-5-3-7(9-10)6(5)4-8/h4-8H,2-3H2,1H3. The number of hydrogen-bond donors (Lipinski definition) is 1. The molecule has 3 heteroatoms. The van der Waals surface area contributed by atoms with E-state index in [0.717, 1.165) is 12.8 Å². The summed E-state index contributed by atoms with van der Waals surface area (Å²) < 4.78 is 0. The molecule has 0 aromatic carbocycles. The van der Waals surface area contributed by atoms with E-state index in [2.05, 4.69) is 12.1 Å². The van der Waals surface area contributed by atoms with Gasteiger partial charge in [-0.1, -0.05) is 18.5 Å². The van der Waals surface area contributed by atoms with Gasteiger partial charge in [0, 0.05) is 12.1 Å². The minimum atomic E-state index is -0.0950. The van der Waals surface area contributed by atoms with Gasteiger partial charge in [0.15, 0.2) is 0 Å². The number of nitrogens with one attached hydrogen (secondary N) is 1. The lowest BCUT2D eigenvalue weighted by atomic mass is 9.69. The molecule has 0 bridgehead atoms. The van der Waals surface area contributed by atoms with E-state index in [0.29, 0.717) is 5.92 Å². The van der Waals surface area contributed by atoms with Crippen LogP contribution in [0.15, 0.2) is 5.18 Å². The largest absolute Gasteiger partial charge is 0.313 e. The molecule has 1 N–H and O–H groups in total. The van der Waals surface area contributed by atoms with Crippen LogP contribution < -0.4 is 0 Å². The van der Waals surface area contributed by atoms with Gasteiger partial charge in [0.25, 0.3) is 0 Å². The Morgan fingerprint density at radius 1 is 1.80 bits per heavy atom. The van der Waals surface area contributed by atoms with Gasteiger partial charge in [-0.25, -0.2) is 0 Å². The highest BCUT2D eigenvalue weighted by molar-refractivity contribution is 5.60. The predicted molar refractivity (Wildman–Crippen MR) is 40.3 cm³/mol. The molecule has 0 aromatic rings. The third-order valence-electron chi connectivity index (χ3n) is 2.39. The molecule has 0 aliphatic heterocycles. The zero-order valence-electron chi connectivity index (χ0n) is 6.08. The van der Waals surface area contributed by atoms with Crippen LogP contribution in [-0.2, 0) is 0 Å². The van der Waals surface area contributed by atoms with Crippen LogP contribution in [0.25, 0.3) is 0 Å². The molecule has 1 aliphatic carbocycles. The van der Waals surface area contributed by atoms with Gasteiger partial charge in [0.1, 0.15) is 6.04 Å². The molecule has 3 unspecified atom stereocenters. The van der Waals surface area contributed by atoms with Crippen molar-refractivity contribution in [2.24, 2.45) is 17.0 Å². The molecule has 3 atom stereocenters. The summed E-state index contributed by atoms with van der Waals surface area (Å²) in [6.45, 7) is 2.09. The van der Waals surface area contributed by atoms with E-state index in [1.807, 2.05) is 0 Å². The summed E-state index contributed by atoms with van der Waals surface area (Å²) in [7, 11) is 0. The van der Waals surface area contributed by atoms with Crippen molar-refractivity contribution in [1.82, 2.24) is 0 Å². The highest BCUT2D eigenvalue weighted by Crippen LogP contribution is 2.37. The Balaban J connectivity index is 2.45. The molecule has 1 saturated carbocycles. The van der Waals surface area contributed by atoms with Crippen molar-refractivity contribution in [3.63, 3.8) is 0 Å².